The van der Waals surface area contributed by atoms with Crippen LogP contribution in [0.25, 0.3) is 0 Å². The number of aryl methyl sites for hydroxylation is 1. The molecule has 1 aromatic rings. The molecule has 1 N–H and O–H groups in total. The van der Waals surface area contributed by atoms with Crippen molar-refractivity contribution in [2.45, 2.75) is 13.3 Å². The summed E-state index contributed by atoms with van der Waals surface area (Å²) in [6, 6.07) is 4.09. The van der Waals surface area contributed by atoms with Gasteiger partial charge >= 0.3 is 0 Å². The summed E-state index contributed by atoms with van der Waals surface area (Å²) in [4.78, 5) is 3.14. The van der Waals surface area contributed by atoms with E-state index in [0.717, 1.165) is 11.0 Å². The highest BCUT2D eigenvalue weighted by atomic mass is 79.9. The molecule has 0 radical (unpaired) electrons. The van der Waals surface area contributed by atoms with Crippen molar-refractivity contribution < 1.29 is 0 Å². The van der Waals surface area contributed by atoms with E-state index in [9.17, 15) is 0 Å². The van der Waals surface area contributed by atoms with Crippen LogP contribution in [0.3, 0.4) is 0 Å². The van der Waals surface area contributed by atoms with Crippen molar-refractivity contribution in [3.8, 4) is 0 Å². The molecule has 1 heterocycles. The van der Waals surface area contributed by atoms with E-state index in [0.29, 0.717) is 0 Å². The normalized spacial score (nSPS) is 9.75. The molecule has 0 aliphatic rings. The lowest BCUT2D eigenvalue weighted by atomic mass is 10.4. The van der Waals surface area contributed by atoms with Crippen LogP contribution in [0, 0.1) is 0 Å². The monoisotopic (exact) mass is 173 g/mol. The summed E-state index contributed by atoms with van der Waals surface area (Å²) in [7, 11) is 0. The van der Waals surface area contributed by atoms with Gasteiger partial charge in [-0.15, -0.1) is 0 Å². The third-order valence-corrected chi connectivity index (χ3v) is 1.55. The molecule has 0 saturated carbocycles. The van der Waals surface area contributed by atoms with Gasteiger partial charge in [-0.2, -0.15) is 0 Å². The molecule has 0 aliphatic carbocycles. The van der Waals surface area contributed by atoms with Gasteiger partial charge in [-0.05, 0) is 34.5 Å². The van der Waals surface area contributed by atoms with Crippen LogP contribution in [0.5, 0.6) is 0 Å². The Balaban J connectivity index is 2.84. The molecule has 0 fully saturated rings. The van der Waals surface area contributed by atoms with Crippen LogP contribution in [-0.4, -0.2) is 4.98 Å². The van der Waals surface area contributed by atoms with Gasteiger partial charge in [-0.1, -0.05) is 6.92 Å². The maximum atomic E-state index is 3.32. The van der Waals surface area contributed by atoms with Crippen molar-refractivity contribution in [2.24, 2.45) is 0 Å². The lowest BCUT2D eigenvalue weighted by Crippen LogP contribution is -1.74. The maximum Gasteiger partial charge on any atom is 0.0822 e. The number of rotatable bonds is 1. The average molecular weight is 174 g/mol. The van der Waals surface area contributed by atoms with Crippen LogP contribution < -0.4 is 0 Å². The molecule has 0 aromatic carbocycles. The van der Waals surface area contributed by atoms with Crippen molar-refractivity contribution in [1.29, 1.82) is 0 Å². The number of aromatic amines is 1. The zero-order valence-electron chi connectivity index (χ0n) is 4.74. The second-order valence-corrected chi connectivity index (χ2v) is 2.54. The molecule has 0 aliphatic heterocycles. The number of H-pyrrole nitrogens is 1. The molecular formula is C6H8BrN. The molecule has 1 rings (SSSR count). The van der Waals surface area contributed by atoms with Crippen molar-refractivity contribution in [1.82, 2.24) is 4.98 Å². The third kappa shape index (κ3) is 1.13. The van der Waals surface area contributed by atoms with E-state index < -0.39 is 0 Å². The van der Waals surface area contributed by atoms with Gasteiger partial charge in [0.15, 0.2) is 0 Å². The fourth-order valence-electron chi connectivity index (χ4n) is 0.617. The fraction of sp³-hybridized carbons (Fsp3) is 0.333. The Morgan fingerprint density at radius 3 is 2.62 bits per heavy atom. The second kappa shape index (κ2) is 2.35. The SMILES string of the molecule is CCc1ccc(Br)[nH]1. The molecule has 0 atom stereocenters. The largest absolute Gasteiger partial charge is 0.353 e. The van der Waals surface area contributed by atoms with E-state index in [4.69, 9.17) is 0 Å². The predicted octanol–water partition coefficient (Wildman–Crippen LogP) is 2.34. The Hall–Kier alpha value is -0.240. The summed E-state index contributed by atoms with van der Waals surface area (Å²) in [5.41, 5.74) is 1.27. The highest BCUT2D eigenvalue weighted by molar-refractivity contribution is 9.10. The first kappa shape index (κ1) is 5.89. The van der Waals surface area contributed by atoms with Gasteiger partial charge in [-0.25, -0.2) is 0 Å². The van der Waals surface area contributed by atoms with Crippen LogP contribution in [0.15, 0.2) is 16.7 Å². The molecule has 0 amide bonds. The van der Waals surface area contributed by atoms with E-state index in [1.54, 1.807) is 0 Å². The van der Waals surface area contributed by atoms with Gasteiger partial charge in [0.05, 0.1) is 4.60 Å². The lowest BCUT2D eigenvalue weighted by molar-refractivity contribution is 1.05. The number of nitrogens with one attached hydrogen (secondary N) is 1. The number of hydrogen-bond donors (Lipinski definition) is 1. The molecule has 8 heavy (non-hydrogen) atoms. The van der Waals surface area contributed by atoms with Crippen molar-refractivity contribution in [2.75, 3.05) is 0 Å². The average Bonchev–Trinajstić information content (AvgIpc) is 2.14. The van der Waals surface area contributed by atoms with E-state index in [1.807, 2.05) is 6.07 Å². The standard InChI is InChI=1S/C6H8BrN/c1-2-5-3-4-6(7)8-5/h3-4,8H,2H2,1H3. The summed E-state index contributed by atoms with van der Waals surface area (Å²) in [6.45, 7) is 2.12. The summed E-state index contributed by atoms with van der Waals surface area (Å²) in [5, 5.41) is 0. The minimum Gasteiger partial charge on any atom is -0.353 e. The first-order valence-corrected chi connectivity index (χ1v) is 3.45. The molecule has 1 aromatic heterocycles. The highest BCUT2D eigenvalue weighted by Crippen LogP contribution is 2.07. The molecule has 0 spiro atoms. The lowest BCUT2D eigenvalue weighted by Gasteiger charge is -1.83. The molecule has 44 valence electrons. The Bertz CT molecular complexity index is 169. The quantitative estimate of drug-likeness (QED) is 0.672. The second-order valence-electron chi connectivity index (χ2n) is 1.69. The number of halogens is 1. The van der Waals surface area contributed by atoms with Crippen LogP contribution in [0.1, 0.15) is 12.6 Å². The van der Waals surface area contributed by atoms with Gasteiger partial charge in [0.25, 0.3) is 0 Å². The van der Waals surface area contributed by atoms with Gasteiger partial charge in [-0.3, -0.25) is 0 Å². The molecule has 2 heteroatoms. The molecule has 0 saturated heterocycles. The minimum atomic E-state index is 1.06. The maximum absolute atomic E-state index is 3.32. The molecular weight excluding hydrogens is 166 g/mol. The fourth-order valence-corrected chi connectivity index (χ4v) is 1.00. The Kier molecular flexibility index (Phi) is 1.73. The first-order valence-electron chi connectivity index (χ1n) is 2.66. The van der Waals surface area contributed by atoms with E-state index in [2.05, 4.69) is 33.9 Å². The number of aromatic nitrogens is 1. The third-order valence-electron chi connectivity index (χ3n) is 1.09. The zero-order chi connectivity index (χ0) is 5.98. The van der Waals surface area contributed by atoms with Gasteiger partial charge in [0.2, 0.25) is 0 Å². The van der Waals surface area contributed by atoms with E-state index in [1.165, 1.54) is 5.69 Å². The van der Waals surface area contributed by atoms with Crippen LogP contribution in [-0.2, 0) is 6.42 Å². The predicted molar refractivity (Wildman–Crippen MR) is 37.9 cm³/mol. The Labute approximate surface area is 57.2 Å². The van der Waals surface area contributed by atoms with E-state index in [-0.39, 0.29) is 0 Å². The van der Waals surface area contributed by atoms with Gasteiger partial charge in [0, 0.05) is 5.69 Å². The Morgan fingerprint density at radius 1 is 1.62 bits per heavy atom. The smallest absolute Gasteiger partial charge is 0.0822 e. The first-order chi connectivity index (χ1) is 3.83. The van der Waals surface area contributed by atoms with Crippen molar-refractivity contribution >= 4 is 15.9 Å². The summed E-state index contributed by atoms with van der Waals surface area (Å²) < 4.78 is 1.06. The molecule has 0 bridgehead atoms. The minimum absolute atomic E-state index is 1.06. The van der Waals surface area contributed by atoms with Gasteiger partial charge < -0.3 is 4.98 Å². The summed E-state index contributed by atoms with van der Waals surface area (Å²) >= 11 is 3.32. The molecule has 0 unspecified atom stereocenters. The zero-order valence-corrected chi connectivity index (χ0v) is 6.33. The summed E-state index contributed by atoms with van der Waals surface area (Å²) in [6.07, 6.45) is 1.08. The summed E-state index contributed by atoms with van der Waals surface area (Å²) in [5.74, 6) is 0. The highest BCUT2D eigenvalue weighted by Gasteiger charge is 1.88. The Morgan fingerprint density at radius 2 is 2.38 bits per heavy atom. The molecule has 1 nitrogen and oxygen atoms in total. The van der Waals surface area contributed by atoms with Crippen LogP contribution in [0.4, 0.5) is 0 Å². The number of hydrogen-bond acceptors (Lipinski definition) is 0. The van der Waals surface area contributed by atoms with Crippen LogP contribution >= 0.6 is 15.9 Å². The van der Waals surface area contributed by atoms with Crippen molar-refractivity contribution in [3.63, 3.8) is 0 Å². The van der Waals surface area contributed by atoms with Gasteiger partial charge in [0.1, 0.15) is 0 Å². The van der Waals surface area contributed by atoms with Crippen LogP contribution in [0.2, 0.25) is 0 Å². The van der Waals surface area contributed by atoms with Crippen molar-refractivity contribution in [3.05, 3.63) is 22.4 Å². The van der Waals surface area contributed by atoms with E-state index >= 15 is 0 Å². The topological polar surface area (TPSA) is 15.8 Å².